The van der Waals surface area contributed by atoms with Crippen LogP contribution in [0.3, 0.4) is 0 Å². The molecule has 0 heterocycles. The Balaban J connectivity index is 4.40. The Morgan fingerprint density at radius 1 is 0.333 bits per heavy atom. The lowest BCUT2D eigenvalue weighted by Gasteiger charge is -2.18. The predicted molar refractivity (Wildman–Crippen MR) is 256 cm³/mol. The molecule has 0 spiro atoms. The quantitative estimate of drug-likeness (QED) is 0.0263. The van der Waals surface area contributed by atoms with Gasteiger partial charge in [0.1, 0.15) is 13.2 Å². The molecule has 6 nitrogen and oxygen atoms in total. The molecule has 60 heavy (non-hydrogen) atoms. The van der Waals surface area contributed by atoms with Crippen molar-refractivity contribution in [3.8, 4) is 0 Å². The van der Waals surface area contributed by atoms with E-state index in [9.17, 15) is 14.4 Å². The van der Waals surface area contributed by atoms with E-state index in [-0.39, 0.29) is 31.1 Å². The Morgan fingerprint density at radius 3 is 1.05 bits per heavy atom. The number of rotatable bonds is 45. The normalized spacial score (nSPS) is 12.5. The molecule has 0 aromatic rings. The standard InChI is InChI=1S/C54H94O6/c1-4-7-10-13-16-19-22-24-25-26-27-28-29-30-33-35-38-41-44-47-53(56)59-50-51(49-58-52(55)46-43-40-37-34-31-21-18-15-12-9-6-3)60-54(57)48-45-42-39-36-32-23-20-17-14-11-8-5-2/h15-16,18-19,24-25,27-28,30,33,51H,4-14,17,20-23,26,29,31-32,34-50H2,1-3H3/b18-15-,19-16-,25-24-,28-27-,33-30-/t51-/m1/s1. The van der Waals surface area contributed by atoms with Gasteiger partial charge in [-0.3, -0.25) is 14.4 Å². The molecule has 6 heteroatoms. The number of esters is 3. The van der Waals surface area contributed by atoms with Crippen LogP contribution < -0.4 is 0 Å². The molecule has 0 bridgehead atoms. The number of unbranched alkanes of at least 4 members (excludes halogenated alkanes) is 24. The average molecular weight is 839 g/mol. The minimum atomic E-state index is -0.787. The minimum absolute atomic E-state index is 0.0876. The van der Waals surface area contributed by atoms with E-state index in [1.807, 2.05) is 0 Å². The first-order valence-electron chi connectivity index (χ1n) is 25.3. The Bertz CT molecular complexity index is 1100. The molecule has 0 aromatic heterocycles. The van der Waals surface area contributed by atoms with Crippen LogP contribution in [0.4, 0.5) is 0 Å². The van der Waals surface area contributed by atoms with Crippen molar-refractivity contribution in [2.24, 2.45) is 0 Å². The van der Waals surface area contributed by atoms with Crippen LogP contribution in [-0.4, -0.2) is 37.2 Å². The first-order valence-corrected chi connectivity index (χ1v) is 25.3. The molecular weight excluding hydrogens is 745 g/mol. The highest BCUT2D eigenvalue weighted by molar-refractivity contribution is 5.71. The topological polar surface area (TPSA) is 78.9 Å². The summed E-state index contributed by atoms with van der Waals surface area (Å²) in [6.07, 6.45) is 59.1. The van der Waals surface area contributed by atoms with E-state index in [0.717, 1.165) is 89.9 Å². The fraction of sp³-hybridized carbons (Fsp3) is 0.759. The molecule has 0 aliphatic carbocycles. The Kier molecular flexibility index (Phi) is 46.4. The maximum absolute atomic E-state index is 12.7. The van der Waals surface area contributed by atoms with E-state index in [1.165, 1.54) is 116 Å². The van der Waals surface area contributed by atoms with Gasteiger partial charge in [-0.25, -0.2) is 0 Å². The van der Waals surface area contributed by atoms with Crippen molar-refractivity contribution in [3.63, 3.8) is 0 Å². The summed E-state index contributed by atoms with van der Waals surface area (Å²) in [7, 11) is 0. The van der Waals surface area contributed by atoms with Crippen LogP contribution in [0.25, 0.3) is 0 Å². The van der Waals surface area contributed by atoms with E-state index < -0.39 is 6.10 Å². The van der Waals surface area contributed by atoms with Crippen molar-refractivity contribution >= 4 is 17.9 Å². The van der Waals surface area contributed by atoms with Crippen LogP contribution in [0, 0.1) is 0 Å². The van der Waals surface area contributed by atoms with Crippen LogP contribution in [0.1, 0.15) is 245 Å². The zero-order valence-electron chi connectivity index (χ0n) is 39.5. The van der Waals surface area contributed by atoms with Gasteiger partial charge in [-0.05, 0) is 83.5 Å². The molecule has 0 aromatic carbocycles. The van der Waals surface area contributed by atoms with Gasteiger partial charge in [-0.15, -0.1) is 0 Å². The third kappa shape index (κ3) is 46.2. The van der Waals surface area contributed by atoms with Crippen molar-refractivity contribution in [1.29, 1.82) is 0 Å². The summed E-state index contributed by atoms with van der Waals surface area (Å²) >= 11 is 0. The van der Waals surface area contributed by atoms with Gasteiger partial charge in [-0.2, -0.15) is 0 Å². The highest BCUT2D eigenvalue weighted by Gasteiger charge is 2.19. The van der Waals surface area contributed by atoms with Gasteiger partial charge >= 0.3 is 17.9 Å². The van der Waals surface area contributed by atoms with Crippen LogP contribution in [0.5, 0.6) is 0 Å². The van der Waals surface area contributed by atoms with Gasteiger partial charge in [0.25, 0.3) is 0 Å². The smallest absolute Gasteiger partial charge is 0.306 e. The van der Waals surface area contributed by atoms with E-state index in [4.69, 9.17) is 14.2 Å². The molecule has 0 saturated heterocycles. The fourth-order valence-electron chi connectivity index (χ4n) is 6.88. The van der Waals surface area contributed by atoms with Gasteiger partial charge in [-0.1, -0.05) is 204 Å². The number of hydrogen-bond donors (Lipinski definition) is 0. The summed E-state index contributed by atoms with van der Waals surface area (Å²) in [5, 5.41) is 0. The van der Waals surface area contributed by atoms with E-state index in [1.54, 1.807) is 0 Å². The van der Waals surface area contributed by atoms with Crippen LogP contribution in [0.2, 0.25) is 0 Å². The third-order valence-electron chi connectivity index (χ3n) is 10.7. The zero-order chi connectivity index (χ0) is 43.7. The lowest BCUT2D eigenvalue weighted by molar-refractivity contribution is -0.167. The van der Waals surface area contributed by atoms with Crippen molar-refractivity contribution in [2.45, 2.75) is 252 Å². The summed E-state index contributed by atoms with van der Waals surface area (Å²) in [4.78, 5) is 37.9. The van der Waals surface area contributed by atoms with Gasteiger partial charge in [0, 0.05) is 19.3 Å². The maximum atomic E-state index is 12.7. The molecule has 0 rings (SSSR count). The number of carbonyl (C=O) groups excluding carboxylic acids is 3. The Hall–Kier alpha value is -2.89. The molecule has 0 radical (unpaired) electrons. The molecule has 1 atom stereocenters. The monoisotopic (exact) mass is 839 g/mol. The fourth-order valence-corrected chi connectivity index (χ4v) is 6.88. The highest BCUT2D eigenvalue weighted by atomic mass is 16.6. The van der Waals surface area contributed by atoms with Crippen LogP contribution in [-0.2, 0) is 28.6 Å². The van der Waals surface area contributed by atoms with Gasteiger partial charge in [0.05, 0.1) is 0 Å². The molecular formula is C54H94O6. The van der Waals surface area contributed by atoms with E-state index in [0.29, 0.717) is 19.3 Å². The molecule has 0 aliphatic rings. The number of carbonyl (C=O) groups is 3. The summed E-state index contributed by atoms with van der Waals surface area (Å²) in [5.41, 5.74) is 0. The summed E-state index contributed by atoms with van der Waals surface area (Å²) in [5.74, 6) is -0.926. The first kappa shape index (κ1) is 57.1. The molecule has 0 amide bonds. The largest absolute Gasteiger partial charge is 0.462 e. The number of ether oxygens (including phenoxy) is 3. The lowest BCUT2D eigenvalue weighted by atomic mass is 10.0. The van der Waals surface area contributed by atoms with Gasteiger partial charge < -0.3 is 14.2 Å². The van der Waals surface area contributed by atoms with Crippen molar-refractivity contribution in [2.75, 3.05) is 13.2 Å². The average Bonchev–Trinajstić information content (AvgIpc) is 3.24. The SMILES string of the molecule is CCCC/C=C\CCCCCCCC(=O)OC[C@H](COC(=O)CCCCC/C=C\C/C=C\C/C=C\C/C=C\CCCCC)OC(=O)CCCCCCCCCCCCCC. The molecule has 0 saturated carbocycles. The van der Waals surface area contributed by atoms with Crippen molar-refractivity contribution in [3.05, 3.63) is 60.8 Å². The van der Waals surface area contributed by atoms with Crippen LogP contribution >= 0.6 is 0 Å². The third-order valence-corrected chi connectivity index (χ3v) is 10.7. The zero-order valence-corrected chi connectivity index (χ0v) is 39.5. The Labute approximate surface area is 370 Å². The second kappa shape index (κ2) is 48.8. The Morgan fingerprint density at radius 2 is 0.617 bits per heavy atom. The highest BCUT2D eigenvalue weighted by Crippen LogP contribution is 2.14. The molecule has 0 aliphatic heterocycles. The molecule has 0 N–H and O–H groups in total. The second-order valence-electron chi connectivity index (χ2n) is 16.7. The first-order chi connectivity index (χ1) is 29.5. The van der Waals surface area contributed by atoms with Crippen molar-refractivity contribution in [1.82, 2.24) is 0 Å². The van der Waals surface area contributed by atoms with E-state index in [2.05, 4.69) is 81.5 Å². The van der Waals surface area contributed by atoms with Crippen LogP contribution in [0.15, 0.2) is 60.8 Å². The second-order valence-corrected chi connectivity index (χ2v) is 16.7. The summed E-state index contributed by atoms with van der Waals surface area (Å²) in [6, 6.07) is 0. The van der Waals surface area contributed by atoms with Crippen molar-refractivity contribution < 1.29 is 28.6 Å². The van der Waals surface area contributed by atoms with Gasteiger partial charge in [0.15, 0.2) is 6.10 Å². The van der Waals surface area contributed by atoms with Gasteiger partial charge in [0.2, 0.25) is 0 Å². The minimum Gasteiger partial charge on any atom is -0.462 e. The number of allylic oxidation sites excluding steroid dienone is 10. The lowest BCUT2D eigenvalue weighted by Crippen LogP contribution is -2.30. The predicted octanol–water partition coefficient (Wildman–Crippen LogP) is 16.5. The molecule has 346 valence electrons. The van der Waals surface area contributed by atoms with E-state index >= 15 is 0 Å². The summed E-state index contributed by atoms with van der Waals surface area (Å²) in [6.45, 7) is 6.53. The molecule has 0 unspecified atom stereocenters. The summed E-state index contributed by atoms with van der Waals surface area (Å²) < 4.78 is 16.7. The maximum Gasteiger partial charge on any atom is 0.306 e. The number of hydrogen-bond acceptors (Lipinski definition) is 6. The molecule has 0 fully saturated rings.